The molecule has 4 nitrogen and oxygen atoms in total. The quantitative estimate of drug-likeness (QED) is 0.834. The van der Waals surface area contributed by atoms with Crippen molar-refractivity contribution in [2.45, 2.75) is 46.6 Å². The summed E-state index contributed by atoms with van der Waals surface area (Å²) in [4.78, 5) is 16.0. The lowest BCUT2D eigenvalue weighted by molar-refractivity contribution is -0.116. The molecule has 0 fully saturated rings. The van der Waals surface area contributed by atoms with Gasteiger partial charge in [-0.2, -0.15) is 0 Å². The molecule has 0 aliphatic heterocycles. The topological polar surface area (TPSA) is 68.0 Å². The number of aromatic nitrogens is 1. The normalized spacial score (nSPS) is 13.2. The van der Waals surface area contributed by atoms with Crippen molar-refractivity contribution in [3.8, 4) is 0 Å². The van der Waals surface area contributed by atoms with Crippen LogP contribution in [0.25, 0.3) is 0 Å². The summed E-state index contributed by atoms with van der Waals surface area (Å²) in [7, 11) is 0. The van der Waals surface area contributed by atoms with Crippen molar-refractivity contribution in [3.63, 3.8) is 0 Å². The van der Waals surface area contributed by atoms with E-state index in [4.69, 9.17) is 17.3 Å². The van der Waals surface area contributed by atoms with Gasteiger partial charge >= 0.3 is 0 Å². The Kier molecular flexibility index (Phi) is 5.32. The van der Waals surface area contributed by atoms with Gasteiger partial charge in [-0.05, 0) is 30.9 Å². The Hall–Kier alpha value is -1.13. The predicted octanol–water partition coefficient (Wildman–Crippen LogP) is 3.14. The third-order valence-corrected chi connectivity index (χ3v) is 2.86. The predicted molar refractivity (Wildman–Crippen MR) is 79.3 cm³/mol. The number of carbonyl (C=O) groups excluding carboxylic acids is 1. The summed E-state index contributed by atoms with van der Waals surface area (Å²) in [5.74, 6) is -0.0935. The summed E-state index contributed by atoms with van der Waals surface area (Å²) in [6.07, 6.45) is 1.11. The SMILES string of the molecule is Cc1nc(Cl)ccc1NC(=O)CC(N)CC(C)(C)C. The van der Waals surface area contributed by atoms with Crippen LogP contribution in [0.2, 0.25) is 5.15 Å². The molecule has 0 radical (unpaired) electrons. The number of anilines is 1. The van der Waals surface area contributed by atoms with Gasteiger partial charge < -0.3 is 11.1 Å². The van der Waals surface area contributed by atoms with Crippen LogP contribution in [0.5, 0.6) is 0 Å². The van der Waals surface area contributed by atoms with Crippen LogP contribution in [-0.2, 0) is 4.79 Å². The second kappa shape index (κ2) is 6.35. The van der Waals surface area contributed by atoms with Crippen LogP contribution in [0.15, 0.2) is 12.1 Å². The molecule has 1 aromatic heterocycles. The molecule has 1 aromatic rings. The van der Waals surface area contributed by atoms with Crippen LogP contribution in [0.1, 0.15) is 39.3 Å². The second-order valence-corrected chi connectivity index (χ2v) is 6.43. The lowest BCUT2D eigenvalue weighted by atomic mass is 9.87. The molecule has 1 unspecified atom stereocenters. The zero-order chi connectivity index (χ0) is 14.6. The highest BCUT2D eigenvalue weighted by atomic mass is 35.5. The van der Waals surface area contributed by atoms with E-state index in [1.807, 2.05) is 0 Å². The molecule has 0 aromatic carbocycles. The fraction of sp³-hybridized carbons (Fsp3) is 0.571. The van der Waals surface area contributed by atoms with Gasteiger partial charge in [0.15, 0.2) is 0 Å². The minimum absolute atomic E-state index is 0.0935. The van der Waals surface area contributed by atoms with E-state index in [-0.39, 0.29) is 17.4 Å². The standard InChI is InChI=1S/C14H22ClN3O/c1-9-11(5-6-12(15)17-9)18-13(19)7-10(16)8-14(2,3)4/h5-6,10H,7-8,16H2,1-4H3,(H,18,19). The van der Waals surface area contributed by atoms with Crippen molar-refractivity contribution in [1.29, 1.82) is 0 Å². The van der Waals surface area contributed by atoms with E-state index < -0.39 is 0 Å². The van der Waals surface area contributed by atoms with Crippen molar-refractivity contribution >= 4 is 23.2 Å². The van der Waals surface area contributed by atoms with E-state index in [9.17, 15) is 4.79 Å². The summed E-state index contributed by atoms with van der Waals surface area (Å²) in [6.45, 7) is 8.13. The maximum atomic E-state index is 11.9. The van der Waals surface area contributed by atoms with Crippen molar-refractivity contribution in [1.82, 2.24) is 4.98 Å². The first-order valence-electron chi connectivity index (χ1n) is 6.36. The average molecular weight is 284 g/mol. The molecule has 1 atom stereocenters. The molecule has 5 heteroatoms. The summed E-state index contributed by atoms with van der Waals surface area (Å²) < 4.78 is 0. The average Bonchev–Trinajstić information content (AvgIpc) is 2.19. The maximum absolute atomic E-state index is 11.9. The smallest absolute Gasteiger partial charge is 0.225 e. The number of halogens is 1. The molecule has 0 saturated heterocycles. The van der Waals surface area contributed by atoms with Crippen molar-refractivity contribution < 1.29 is 4.79 Å². The third kappa shape index (κ3) is 6.03. The van der Waals surface area contributed by atoms with E-state index in [1.54, 1.807) is 19.1 Å². The number of nitrogens with two attached hydrogens (primary N) is 1. The maximum Gasteiger partial charge on any atom is 0.225 e. The number of carbonyl (C=O) groups is 1. The number of nitrogens with one attached hydrogen (secondary N) is 1. The number of hydrogen-bond acceptors (Lipinski definition) is 3. The highest BCUT2D eigenvalue weighted by Crippen LogP contribution is 2.21. The Morgan fingerprint density at radius 2 is 2.11 bits per heavy atom. The van der Waals surface area contributed by atoms with Gasteiger partial charge in [-0.25, -0.2) is 4.98 Å². The zero-order valence-electron chi connectivity index (χ0n) is 12.0. The molecule has 0 spiro atoms. The number of hydrogen-bond donors (Lipinski definition) is 2. The molecule has 0 aliphatic rings. The van der Waals surface area contributed by atoms with Crippen LogP contribution in [0, 0.1) is 12.3 Å². The minimum Gasteiger partial charge on any atom is -0.327 e. The molecule has 106 valence electrons. The summed E-state index contributed by atoms with van der Waals surface area (Å²) >= 11 is 5.77. The highest BCUT2D eigenvalue weighted by molar-refractivity contribution is 6.29. The Bertz CT molecular complexity index is 454. The lowest BCUT2D eigenvalue weighted by Gasteiger charge is -2.22. The van der Waals surface area contributed by atoms with Gasteiger partial charge in [0.25, 0.3) is 0 Å². The largest absolute Gasteiger partial charge is 0.327 e. The second-order valence-electron chi connectivity index (χ2n) is 6.04. The van der Waals surface area contributed by atoms with Crippen LogP contribution >= 0.6 is 11.6 Å². The molecule has 1 rings (SSSR count). The molecule has 0 aliphatic carbocycles. The fourth-order valence-electron chi connectivity index (χ4n) is 1.96. The van der Waals surface area contributed by atoms with E-state index in [0.29, 0.717) is 23.0 Å². The fourth-order valence-corrected chi connectivity index (χ4v) is 2.15. The highest BCUT2D eigenvalue weighted by Gasteiger charge is 2.18. The van der Waals surface area contributed by atoms with Crippen LogP contribution in [0.4, 0.5) is 5.69 Å². The van der Waals surface area contributed by atoms with E-state index >= 15 is 0 Å². The number of aryl methyl sites for hydroxylation is 1. The van der Waals surface area contributed by atoms with Gasteiger partial charge in [0.1, 0.15) is 5.15 Å². The van der Waals surface area contributed by atoms with Crippen LogP contribution < -0.4 is 11.1 Å². The summed E-state index contributed by atoms with van der Waals surface area (Å²) in [6, 6.07) is 3.26. The molecule has 1 heterocycles. The minimum atomic E-state index is -0.138. The monoisotopic (exact) mass is 283 g/mol. The summed E-state index contributed by atoms with van der Waals surface area (Å²) in [5, 5.41) is 3.23. The van der Waals surface area contributed by atoms with Gasteiger partial charge in [0.05, 0.1) is 11.4 Å². The molecular weight excluding hydrogens is 262 g/mol. The first-order valence-corrected chi connectivity index (χ1v) is 6.74. The number of nitrogens with zero attached hydrogens (tertiary/aromatic N) is 1. The van der Waals surface area contributed by atoms with Gasteiger partial charge in [0, 0.05) is 12.5 Å². The molecule has 0 saturated carbocycles. The van der Waals surface area contributed by atoms with Gasteiger partial charge in [-0.1, -0.05) is 32.4 Å². The first-order chi connectivity index (χ1) is 8.67. The molecule has 0 bridgehead atoms. The summed E-state index contributed by atoms with van der Waals surface area (Å²) in [5.41, 5.74) is 7.48. The van der Waals surface area contributed by atoms with Gasteiger partial charge in [-0.15, -0.1) is 0 Å². The number of rotatable bonds is 4. The third-order valence-electron chi connectivity index (χ3n) is 2.65. The molecule has 1 amide bonds. The zero-order valence-corrected chi connectivity index (χ0v) is 12.7. The van der Waals surface area contributed by atoms with Crippen LogP contribution in [0.3, 0.4) is 0 Å². The lowest BCUT2D eigenvalue weighted by Crippen LogP contribution is -2.31. The Morgan fingerprint density at radius 3 is 2.63 bits per heavy atom. The molecular formula is C14H22ClN3O. The number of pyridine rings is 1. The Morgan fingerprint density at radius 1 is 1.47 bits per heavy atom. The number of amides is 1. The van der Waals surface area contributed by atoms with E-state index in [0.717, 1.165) is 6.42 Å². The van der Waals surface area contributed by atoms with Crippen LogP contribution in [-0.4, -0.2) is 16.9 Å². The van der Waals surface area contributed by atoms with E-state index in [2.05, 4.69) is 31.1 Å². The Balaban J connectivity index is 2.56. The Labute approximate surface area is 119 Å². The molecule has 3 N–H and O–H groups in total. The van der Waals surface area contributed by atoms with Crippen molar-refractivity contribution in [2.24, 2.45) is 11.1 Å². The van der Waals surface area contributed by atoms with Crippen molar-refractivity contribution in [2.75, 3.05) is 5.32 Å². The van der Waals surface area contributed by atoms with Gasteiger partial charge in [0.2, 0.25) is 5.91 Å². The first kappa shape index (κ1) is 15.9. The van der Waals surface area contributed by atoms with Crippen molar-refractivity contribution in [3.05, 3.63) is 23.0 Å². The van der Waals surface area contributed by atoms with E-state index in [1.165, 1.54) is 0 Å². The molecule has 19 heavy (non-hydrogen) atoms. The van der Waals surface area contributed by atoms with Gasteiger partial charge in [-0.3, -0.25) is 4.79 Å².